The zero-order valence-electron chi connectivity index (χ0n) is 3.98. The minimum atomic E-state index is -0.460. The van der Waals surface area contributed by atoms with Gasteiger partial charge in [0.05, 0.1) is 0 Å². The molecular weight excluding hydrogens is 126 g/mol. The summed E-state index contributed by atoms with van der Waals surface area (Å²) >= 11 is 3.83. The number of rotatable bonds is 1. The van der Waals surface area contributed by atoms with Crippen LogP contribution >= 0.6 is 12.8 Å². The minimum absolute atomic E-state index is 0.460. The molecule has 1 atom stereocenters. The summed E-state index contributed by atoms with van der Waals surface area (Å²) in [5.74, 6) is 0. The number of carbonyl (C=O) groups is 1. The number of aldehydes is 1. The lowest BCUT2D eigenvalue weighted by atomic mass is 10.6. The normalized spacial score (nSPS) is 27.9. The van der Waals surface area contributed by atoms with Crippen molar-refractivity contribution in [3.8, 4) is 0 Å². The Bertz CT molecular complexity index is 126. The highest BCUT2D eigenvalue weighted by atomic mass is 32.1. The molecule has 5 heteroatoms. The summed E-state index contributed by atoms with van der Waals surface area (Å²) in [5.41, 5.74) is 2.60. The minimum Gasteiger partial charge on any atom is -0.299 e. The fraction of sp³-hybridized carbons (Fsp3) is 0.333. The summed E-state index contributed by atoms with van der Waals surface area (Å²) in [6, 6.07) is 0. The molecule has 0 aromatic rings. The molecule has 0 aromatic heterocycles. The van der Waals surface area contributed by atoms with Crippen LogP contribution in [-0.4, -0.2) is 23.2 Å². The maximum absolute atomic E-state index is 9.97. The maximum atomic E-state index is 9.97. The Morgan fingerprint density at radius 1 is 2.00 bits per heavy atom. The van der Waals surface area contributed by atoms with Crippen molar-refractivity contribution in [2.45, 2.75) is 6.17 Å². The number of aliphatic imine (C=N–C) groups is 1. The summed E-state index contributed by atoms with van der Waals surface area (Å²) in [6.45, 7) is 0. The van der Waals surface area contributed by atoms with Crippen LogP contribution in [-0.2, 0) is 4.79 Å². The molecule has 0 aliphatic carbocycles. The zero-order chi connectivity index (χ0) is 5.98. The summed E-state index contributed by atoms with van der Waals surface area (Å²) < 4.78 is 1.31. The average Bonchev–Trinajstić information content (AvgIpc) is 2.14. The quantitative estimate of drug-likeness (QED) is 0.362. The number of nitrogens with one attached hydrogen (secondary N) is 1. The Kier molecular flexibility index (Phi) is 1.50. The van der Waals surface area contributed by atoms with Crippen molar-refractivity contribution >= 4 is 25.4 Å². The van der Waals surface area contributed by atoms with Crippen molar-refractivity contribution in [3.63, 3.8) is 0 Å². The van der Waals surface area contributed by atoms with Crippen LogP contribution in [0.5, 0.6) is 0 Å². The van der Waals surface area contributed by atoms with E-state index in [0.29, 0.717) is 6.29 Å². The second kappa shape index (κ2) is 2.15. The van der Waals surface area contributed by atoms with Crippen LogP contribution in [0.15, 0.2) is 4.99 Å². The molecule has 0 bridgehead atoms. The molecule has 1 aliphatic rings. The van der Waals surface area contributed by atoms with Crippen LogP contribution in [0, 0.1) is 0 Å². The molecule has 1 unspecified atom stereocenters. The molecule has 1 heterocycles. The standard InChI is InChI=1S/C3H5N3OS/c7-1-3-4-2-5-6(3)8/h1-3,8H,(H,4,5). The van der Waals surface area contributed by atoms with E-state index in [1.807, 2.05) is 0 Å². The average molecular weight is 131 g/mol. The van der Waals surface area contributed by atoms with E-state index in [4.69, 9.17) is 0 Å². The van der Waals surface area contributed by atoms with Crippen LogP contribution in [0.2, 0.25) is 0 Å². The second-order valence-electron chi connectivity index (χ2n) is 1.30. The first-order chi connectivity index (χ1) is 3.84. The van der Waals surface area contributed by atoms with E-state index in [1.54, 1.807) is 0 Å². The fourth-order valence-corrected chi connectivity index (χ4v) is 0.567. The van der Waals surface area contributed by atoms with E-state index in [2.05, 4.69) is 23.2 Å². The van der Waals surface area contributed by atoms with E-state index >= 15 is 0 Å². The predicted molar refractivity (Wildman–Crippen MR) is 32.3 cm³/mol. The van der Waals surface area contributed by atoms with Gasteiger partial charge in [0.25, 0.3) is 0 Å². The SMILES string of the molecule is O=CC1N=CNN1S. The van der Waals surface area contributed by atoms with Gasteiger partial charge in [0.2, 0.25) is 0 Å². The van der Waals surface area contributed by atoms with E-state index < -0.39 is 6.17 Å². The summed E-state index contributed by atoms with van der Waals surface area (Å²) in [7, 11) is 0. The number of nitrogens with zero attached hydrogens (tertiary/aromatic N) is 2. The van der Waals surface area contributed by atoms with Gasteiger partial charge in [-0.2, -0.15) is 0 Å². The predicted octanol–water partition coefficient (Wildman–Crippen LogP) is -0.795. The molecule has 1 N–H and O–H groups in total. The summed E-state index contributed by atoms with van der Waals surface area (Å²) in [4.78, 5) is 13.7. The smallest absolute Gasteiger partial charge is 0.186 e. The van der Waals surface area contributed by atoms with Crippen LogP contribution in [0.4, 0.5) is 0 Å². The third-order valence-electron chi connectivity index (χ3n) is 0.790. The molecule has 8 heavy (non-hydrogen) atoms. The highest BCUT2D eigenvalue weighted by Crippen LogP contribution is 2.00. The van der Waals surface area contributed by atoms with Crippen LogP contribution in [0.25, 0.3) is 0 Å². The Morgan fingerprint density at radius 2 is 2.75 bits per heavy atom. The highest BCUT2D eigenvalue weighted by Gasteiger charge is 2.14. The largest absolute Gasteiger partial charge is 0.299 e. The summed E-state index contributed by atoms with van der Waals surface area (Å²) in [5, 5.41) is 0. The lowest BCUT2D eigenvalue weighted by Gasteiger charge is -2.07. The van der Waals surface area contributed by atoms with Crippen molar-refractivity contribution in [1.82, 2.24) is 9.84 Å². The van der Waals surface area contributed by atoms with Crippen LogP contribution in [0.3, 0.4) is 0 Å². The van der Waals surface area contributed by atoms with Gasteiger partial charge in [-0.05, 0) is 0 Å². The van der Waals surface area contributed by atoms with Gasteiger partial charge >= 0.3 is 0 Å². The van der Waals surface area contributed by atoms with Crippen molar-refractivity contribution in [2.75, 3.05) is 0 Å². The van der Waals surface area contributed by atoms with Crippen molar-refractivity contribution < 1.29 is 4.79 Å². The number of carbonyl (C=O) groups excluding carboxylic acids is 1. The molecule has 0 radical (unpaired) electrons. The number of hydrogen-bond acceptors (Lipinski definition) is 5. The molecular formula is C3H5N3OS. The van der Waals surface area contributed by atoms with E-state index in [0.717, 1.165) is 0 Å². The Morgan fingerprint density at radius 3 is 3.00 bits per heavy atom. The number of hydrogen-bond donors (Lipinski definition) is 2. The third kappa shape index (κ3) is 0.823. The van der Waals surface area contributed by atoms with Gasteiger partial charge in [0.1, 0.15) is 6.34 Å². The first-order valence-electron chi connectivity index (χ1n) is 2.06. The molecule has 44 valence electrons. The molecule has 0 saturated carbocycles. The molecule has 0 saturated heterocycles. The monoisotopic (exact) mass is 131 g/mol. The second-order valence-corrected chi connectivity index (χ2v) is 1.73. The molecule has 0 amide bonds. The lowest BCUT2D eigenvalue weighted by molar-refractivity contribution is -0.110. The van der Waals surface area contributed by atoms with Gasteiger partial charge in [0.15, 0.2) is 12.5 Å². The van der Waals surface area contributed by atoms with Crippen molar-refractivity contribution in [1.29, 1.82) is 0 Å². The van der Waals surface area contributed by atoms with Gasteiger partial charge in [0, 0.05) is 0 Å². The van der Waals surface area contributed by atoms with Crippen LogP contribution in [0.1, 0.15) is 0 Å². The van der Waals surface area contributed by atoms with Gasteiger partial charge in [-0.3, -0.25) is 10.2 Å². The molecule has 4 nitrogen and oxygen atoms in total. The molecule has 1 aliphatic heterocycles. The number of thiol groups is 1. The molecule has 0 fully saturated rings. The Hall–Kier alpha value is -0.550. The zero-order valence-corrected chi connectivity index (χ0v) is 4.88. The first-order valence-corrected chi connectivity index (χ1v) is 2.46. The van der Waals surface area contributed by atoms with Gasteiger partial charge in [-0.15, -0.1) is 4.41 Å². The Labute approximate surface area is 52.1 Å². The van der Waals surface area contributed by atoms with Gasteiger partial charge in [-0.1, -0.05) is 12.8 Å². The first kappa shape index (κ1) is 5.58. The Balaban J connectivity index is 2.52. The summed E-state index contributed by atoms with van der Waals surface area (Å²) in [6.07, 6.45) is 1.66. The molecule has 0 spiro atoms. The van der Waals surface area contributed by atoms with Crippen LogP contribution < -0.4 is 5.43 Å². The number of hydrazine groups is 1. The highest BCUT2D eigenvalue weighted by molar-refractivity contribution is 7.77. The van der Waals surface area contributed by atoms with Gasteiger partial charge < -0.3 is 0 Å². The van der Waals surface area contributed by atoms with E-state index in [1.165, 1.54) is 10.8 Å². The molecule has 0 aromatic carbocycles. The van der Waals surface area contributed by atoms with Crippen molar-refractivity contribution in [2.24, 2.45) is 4.99 Å². The van der Waals surface area contributed by atoms with E-state index in [9.17, 15) is 4.79 Å². The third-order valence-corrected chi connectivity index (χ3v) is 1.14. The topological polar surface area (TPSA) is 44.7 Å². The fourth-order valence-electron chi connectivity index (χ4n) is 0.401. The lowest BCUT2D eigenvalue weighted by Crippen LogP contribution is -2.30. The van der Waals surface area contributed by atoms with Crippen molar-refractivity contribution in [3.05, 3.63) is 0 Å². The van der Waals surface area contributed by atoms with Gasteiger partial charge in [-0.25, -0.2) is 4.99 Å². The molecule has 1 rings (SSSR count). The van der Waals surface area contributed by atoms with E-state index in [-0.39, 0.29) is 0 Å². The maximum Gasteiger partial charge on any atom is 0.186 e.